The minimum Gasteiger partial charge on any atom is -1.00 e. The summed E-state index contributed by atoms with van der Waals surface area (Å²) in [6, 6.07) is 12.8. The van der Waals surface area contributed by atoms with Crippen LogP contribution in [0.5, 0.6) is 0 Å². The molecule has 1 aromatic carbocycles. The predicted octanol–water partition coefficient (Wildman–Crippen LogP) is -0.497. The molecular weight excluding hydrogens is 391 g/mol. The van der Waals surface area contributed by atoms with Crippen molar-refractivity contribution in [1.82, 2.24) is 9.56 Å². The van der Waals surface area contributed by atoms with E-state index in [9.17, 15) is 0 Å². The average molecular weight is 409 g/mol. The number of hydrogen-bond donors (Lipinski definition) is 0. The summed E-state index contributed by atoms with van der Waals surface area (Å²) >= 11 is 1.80. The third-order valence-electron chi connectivity index (χ3n) is 3.38. The summed E-state index contributed by atoms with van der Waals surface area (Å²) in [5, 5.41) is 1.21. The van der Waals surface area contributed by atoms with E-state index in [0.29, 0.717) is 0 Å². The average Bonchev–Trinajstić information content (AvgIpc) is 2.43. The fourth-order valence-corrected chi connectivity index (χ4v) is 3.19. The van der Waals surface area contributed by atoms with Crippen LogP contribution < -0.4 is 38.8 Å². The minimum absolute atomic E-state index is 0. The molecule has 3 nitrogen and oxygen atoms in total. The van der Waals surface area contributed by atoms with Crippen molar-refractivity contribution < 1.29 is 24.0 Å². The zero-order valence-electron chi connectivity index (χ0n) is 12.6. The lowest BCUT2D eigenvalue weighted by molar-refractivity contribution is -0.00000410. The van der Waals surface area contributed by atoms with Gasteiger partial charge in [-0.3, -0.25) is 0 Å². The second kappa shape index (κ2) is 6.27. The number of nitrogens with zero attached hydrogens (tertiary/aromatic N) is 3. The molecule has 1 aliphatic carbocycles. The molecule has 0 saturated carbocycles. The van der Waals surface area contributed by atoms with Gasteiger partial charge in [-0.2, -0.15) is 0 Å². The summed E-state index contributed by atoms with van der Waals surface area (Å²) in [6.45, 7) is 0. The largest absolute Gasteiger partial charge is 1.00 e. The quantitative estimate of drug-likeness (QED) is 0.307. The fraction of sp³-hybridized carbons (Fsp3) is 0.250. The van der Waals surface area contributed by atoms with Crippen LogP contribution in [0.3, 0.4) is 0 Å². The van der Waals surface area contributed by atoms with Crippen LogP contribution in [0.25, 0.3) is 20.8 Å². The molecule has 1 heterocycles. The van der Waals surface area contributed by atoms with E-state index in [4.69, 9.17) is 4.98 Å². The summed E-state index contributed by atoms with van der Waals surface area (Å²) in [5.74, 6) is 0. The first-order valence-corrected chi connectivity index (χ1v) is 7.38. The van der Waals surface area contributed by atoms with Crippen molar-refractivity contribution in [1.29, 1.82) is 0 Å². The SMILES string of the molecule is CN(C)c1ccc2nc3ccc(=[N+](C)C)cc-3sc2c1.[125I-]. The maximum Gasteiger partial charge on any atom is 0.201 e. The third kappa shape index (κ3) is 3.18. The Kier molecular flexibility index (Phi) is 4.83. The molecule has 0 bridgehead atoms. The second-order valence-corrected chi connectivity index (χ2v) is 6.39. The van der Waals surface area contributed by atoms with Gasteiger partial charge in [0.05, 0.1) is 20.8 Å². The highest BCUT2D eigenvalue weighted by Crippen LogP contribution is 2.31. The number of aromatic nitrogens is 1. The molecular formula is C16H18IN3S. The van der Waals surface area contributed by atoms with E-state index < -0.39 is 0 Å². The van der Waals surface area contributed by atoms with Gasteiger partial charge in [0.25, 0.3) is 0 Å². The molecule has 21 heavy (non-hydrogen) atoms. The molecule has 0 fully saturated rings. The highest BCUT2D eigenvalue weighted by Gasteiger charge is 2.09. The lowest BCUT2D eigenvalue weighted by atomic mass is 10.2. The lowest BCUT2D eigenvalue weighted by Crippen LogP contribution is -3.00. The molecule has 5 heteroatoms. The number of rotatable bonds is 1. The van der Waals surface area contributed by atoms with Crippen LogP contribution in [0.1, 0.15) is 0 Å². The molecule has 3 rings (SSSR count). The molecule has 0 saturated heterocycles. The third-order valence-corrected chi connectivity index (χ3v) is 4.47. The molecule has 0 N–H and O–H groups in total. The van der Waals surface area contributed by atoms with Gasteiger partial charge in [-0.1, -0.05) is 0 Å². The van der Waals surface area contributed by atoms with Crippen molar-refractivity contribution in [3.63, 3.8) is 0 Å². The number of anilines is 1. The Morgan fingerprint density at radius 2 is 1.81 bits per heavy atom. The van der Waals surface area contributed by atoms with E-state index in [-0.39, 0.29) is 24.0 Å². The van der Waals surface area contributed by atoms with Crippen LogP contribution in [0.4, 0.5) is 5.69 Å². The number of hydrogen-bond acceptors (Lipinski definition) is 3. The van der Waals surface area contributed by atoms with E-state index in [1.54, 1.807) is 11.3 Å². The summed E-state index contributed by atoms with van der Waals surface area (Å²) < 4.78 is 3.34. The summed E-state index contributed by atoms with van der Waals surface area (Å²) in [6.07, 6.45) is 0. The Bertz CT molecular complexity index is 819. The Morgan fingerprint density at radius 1 is 1.05 bits per heavy atom. The molecule has 2 aliphatic rings. The second-order valence-electron chi connectivity index (χ2n) is 5.31. The van der Waals surface area contributed by atoms with Crippen molar-refractivity contribution in [3.8, 4) is 10.6 Å². The first-order valence-electron chi connectivity index (χ1n) is 6.57. The monoisotopic (exact) mass is 409 g/mol. The maximum atomic E-state index is 4.75. The first kappa shape index (κ1) is 16.2. The molecule has 0 amide bonds. The minimum atomic E-state index is 0. The van der Waals surface area contributed by atoms with Crippen molar-refractivity contribution in [2.75, 3.05) is 33.1 Å². The van der Waals surface area contributed by atoms with Gasteiger partial charge in [-0.25, -0.2) is 9.56 Å². The molecule has 0 radical (unpaired) electrons. The van der Waals surface area contributed by atoms with Gasteiger partial charge in [-0.15, -0.1) is 11.3 Å². The van der Waals surface area contributed by atoms with Gasteiger partial charge in [0.15, 0.2) is 0 Å². The van der Waals surface area contributed by atoms with Gasteiger partial charge >= 0.3 is 0 Å². The molecule has 1 aromatic rings. The van der Waals surface area contributed by atoms with E-state index in [1.165, 1.54) is 20.6 Å². The molecule has 0 aromatic heterocycles. The van der Waals surface area contributed by atoms with Crippen molar-refractivity contribution in [2.45, 2.75) is 0 Å². The highest BCUT2D eigenvalue weighted by atomic mass is 125. The smallest absolute Gasteiger partial charge is 0.201 e. The van der Waals surface area contributed by atoms with Gasteiger partial charge in [0.1, 0.15) is 14.1 Å². The summed E-state index contributed by atoms with van der Waals surface area (Å²) in [7, 11) is 8.24. The van der Waals surface area contributed by atoms with E-state index in [2.05, 4.69) is 74.1 Å². The Labute approximate surface area is 145 Å². The standard InChI is InChI=1S/C16H18N3S.HI/c1-18(2)11-5-7-13-15(9-11)20-16-10-12(19(3)4)6-8-14(16)17-13;/h5-10H,1-4H3;1H/q+1;/p-1/i;1-2. The van der Waals surface area contributed by atoms with E-state index in [1.807, 2.05) is 0 Å². The van der Waals surface area contributed by atoms with Crippen LogP contribution in [-0.4, -0.2) is 33.2 Å². The number of benzene rings is 2. The number of halogens is 1. The molecule has 0 spiro atoms. The molecule has 1 aliphatic heterocycles. The van der Waals surface area contributed by atoms with E-state index >= 15 is 0 Å². The van der Waals surface area contributed by atoms with Gasteiger partial charge < -0.3 is 28.9 Å². The topological polar surface area (TPSA) is 19.1 Å². The predicted molar refractivity (Wildman–Crippen MR) is 87.7 cm³/mol. The van der Waals surface area contributed by atoms with Crippen LogP contribution >= 0.6 is 11.3 Å². The normalized spacial score (nSPS) is 10.5. The summed E-state index contributed by atoms with van der Waals surface area (Å²) in [5.41, 5.74) is 3.33. The first-order chi connectivity index (χ1) is 9.54. The Hall–Kier alpha value is -1.21. The van der Waals surface area contributed by atoms with Crippen molar-refractivity contribution in [3.05, 3.63) is 41.8 Å². The molecule has 0 unspecified atom stereocenters. The number of fused-ring (bicyclic) bond motifs is 2. The van der Waals surface area contributed by atoms with Crippen LogP contribution in [0.15, 0.2) is 36.4 Å². The Morgan fingerprint density at radius 3 is 2.48 bits per heavy atom. The van der Waals surface area contributed by atoms with Crippen LogP contribution in [0.2, 0.25) is 0 Å². The van der Waals surface area contributed by atoms with Gasteiger partial charge in [0, 0.05) is 31.9 Å². The molecule has 0 atom stereocenters. The fourth-order valence-electron chi connectivity index (χ4n) is 2.16. The lowest BCUT2D eigenvalue weighted by Gasteiger charge is -2.13. The van der Waals surface area contributed by atoms with Crippen LogP contribution in [-0.2, 0) is 0 Å². The maximum absolute atomic E-state index is 4.75. The highest BCUT2D eigenvalue weighted by molar-refractivity contribution is 7.21. The zero-order chi connectivity index (χ0) is 14.3. The molecule has 110 valence electrons. The summed E-state index contributed by atoms with van der Waals surface area (Å²) in [4.78, 5) is 8.09. The van der Waals surface area contributed by atoms with Gasteiger partial charge in [0.2, 0.25) is 5.36 Å². The zero-order valence-corrected chi connectivity index (χ0v) is 15.6. The van der Waals surface area contributed by atoms with Gasteiger partial charge in [-0.05, 0) is 24.3 Å². The van der Waals surface area contributed by atoms with Crippen molar-refractivity contribution >= 4 is 27.2 Å². The Balaban J connectivity index is 0.00000161. The van der Waals surface area contributed by atoms with E-state index in [0.717, 1.165) is 11.2 Å². The van der Waals surface area contributed by atoms with Crippen LogP contribution in [0, 0.1) is 0 Å². The van der Waals surface area contributed by atoms with Crippen molar-refractivity contribution in [2.24, 2.45) is 0 Å².